The topological polar surface area (TPSA) is 52.7 Å². The Hall–Kier alpha value is -2.11. The lowest BCUT2D eigenvalue weighted by atomic mass is 9.99. The summed E-state index contributed by atoms with van der Waals surface area (Å²) in [7, 11) is 0. The van der Waals surface area contributed by atoms with Crippen LogP contribution in [0.4, 0.5) is 9.18 Å². The first-order valence-electron chi connectivity index (χ1n) is 9.70. The number of rotatable bonds is 6. The van der Waals surface area contributed by atoms with Gasteiger partial charge in [-0.15, -0.1) is 0 Å². The zero-order valence-electron chi connectivity index (χ0n) is 15.3. The van der Waals surface area contributed by atoms with Gasteiger partial charge in [-0.25, -0.2) is 9.18 Å². The smallest absolute Gasteiger partial charge is 0.317 e. The van der Waals surface area contributed by atoms with Crippen molar-refractivity contribution in [2.24, 2.45) is 0 Å². The first kappa shape index (κ1) is 18.7. The Kier molecular flexibility index (Phi) is 6.47. The lowest BCUT2D eigenvalue weighted by Gasteiger charge is -2.36. The van der Waals surface area contributed by atoms with Crippen molar-refractivity contribution in [3.8, 4) is 0 Å². The van der Waals surface area contributed by atoms with E-state index in [-0.39, 0.29) is 23.8 Å². The fourth-order valence-electron chi connectivity index (χ4n) is 3.88. The average Bonchev–Trinajstić information content (AvgIpc) is 3.06. The zero-order valence-corrected chi connectivity index (χ0v) is 15.3. The molecule has 1 aromatic rings. The molecule has 0 spiro atoms. The van der Waals surface area contributed by atoms with Crippen LogP contribution in [0.3, 0.4) is 0 Å². The molecule has 0 radical (unpaired) electrons. The summed E-state index contributed by atoms with van der Waals surface area (Å²) in [5.74, 6) is 0.00142. The van der Waals surface area contributed by atoms with Crippen LogP contribution in [0.2, 0.25) is 0 Å². The monoisotopic (exact) mass is 361 g/mol. The average molecular weight is 361 g/mol. The minimum absolute atomic E-state index is 0.0236. The van der Waals surface area contributed by atoms with E-state index in [9.17, 15) is 14.0 Å². The Balaban J connectivity index is 1.45. The molecule has 2 aliphatic heterocycles. The molecule has 0 aromatic heterocycles. The molecule has 6 heteroatoms. The molecular weight excluding hydrogens is 333 g/mol. The lowest BCUT2D eigenvalue weighted by molar-refractivity contribution is -0.127. The van der Waals surface area contributed by atoms with E-state index in [0.717, 1.165) is 57.3 Å². The molecule has 1 aromatic carbocycles. The molecular formula is C20H28FN3O2. The molecule has 0 aliphatic carbocycles. The van der Waals surface area contributed by atoms with Gasteiger partial charge >= 0.3 is 6.03 Å². The summed E-state index contributed by atoms with van der Waals surface area (Å²) in [5.41, 5.74) is 1.01. The van der Waals surface area contributed by atoms with Gasteiger partial charge in [0.25, 0.3) is 0 Å². The van der Waals surface area contributed by atoms with E-state index in [2.05, 4.69) is 5.32 Å². The van der Waals surface area contributed by atoms with Gasteiger partial charge in [0.15, 0.2) is 0 Å². The fourth-order valence-corrected chi connectivity index (χ4v) is 3.88. The number of benzene rings is 1. The van der Waals surface area contributed by atoms with Crippen LogP contribution in [0, 0.1) is 5.82 Å². The van der Waals surface area contributed by atoms with Gasteiger partial charge in [-0.3, -0.25) is 4.79 Å². The second-order valence-corrected chi connectivity index (χ2v) is 7.22. The van der Waals surface area contributed by atoms with Gasteiger partial charge in [0.2, 0.25) is 5.91 Å². The number of halogens is 1. The van der Waals surface area contributed by atoms with E-state index >= 15 is 0 Å². The number of urea groups is 1. The molecule has 2 saturated heterocycles. The van der Waals surface area contributed by atoms with Gasteiger partial charge in [0, 0.05) is 38.6 Å². The molecule has 3 rings (SSSR count). The predicted octanol–water partition coefficient (Wildman–Crippen LogP) is 2.94. The first-order valence-corrected chi connectivity index (χ1v) is 9.70. The molecule has 2 aliphatic rings. The van der Waals surface area contributed by atoms with E-state index in [1.54, 1.807) is 12.1 Å². The Morgan fingerprint density at radius 1 is 1.15 bits per heavy atom. The minimum Gasteiger partial charge on any atom is -0.343 e. The van der Waals surface area contributed by atoms with Crippen molar-refractivity contribution in [2.75, 3.05) is 26.2 Å². The van der Waals surface area contributed by atoms with Crippen LogP contribution >= 0.6 is 0 Å². The van der Waals surface area contributed by atoms with Crippen LogP contribution in [-0.4, -0.2) is 54.0 Å². The van der Waals surface area contributed by atoms with Crippen molar-refractivity contribution in [1.29, 1.82) is 0 Å². The summed E-state index contributed by atoms with van der Waals surface area (Å²) in [6.45, 7) is 2.93. The summed E-state index contributed by atoms with van der Waals surface area (Å²) in [4.78, 5) is 28.2. The standard InChI is InChI=1S/C20H28FN3O2/c21-17-8-6-16(7-9-17)10-12-22-20(26)24-14-2-1-4-18(24)11-15-23-13-3-5-19(23)25/h6-9,18H,1-5,10-15H2,(H,22,26)/t18-/m0/s1. The predicted molar refractivity (Wildman–Crippen MR) is 98.3 cm³/mol. The normalized spacial score (nSPS) is 20.5. The van der Waals surface area contributed by atoms with Gasteiger partial charge in [-0.05, 0) is 56.2 Å². The minimum atomic E-state index is -0.245. The number of hydrogen-bond acceptors (Lipinski definition) is 2. The maximum absolute atomic E-state index is 12.9. The first-order chi connectivity index (χ1) is 12.6. The summed E-state index contributed by atoms with van der Waals surface area (Å²) >= 11 is 0. The van der Waals surface area contributed by atoms with E-state index in [1.807, 2.05) is 9.80 Å². The van der Waals surface area contributed by atoms with Crippen LogP contribution < -0.4 is 5.32 Å². The number of hydrogen-bond donors (Lipinski definition) is 1. The van der Waals surface area contributed by atoms with E-state index in [0.29, 0.717) is 19.4 Å². The number of likely N-dealkylation sites (tertiary alicyclic amines) is 2. The summed E-state index contributed by atoms with van der Waals surface area (Å²) in [6, 6.07) is 6.57. The molecule has 3 amide bonds. The summed E-state index contributed by atoms with van der Waals surface area (Å²) in [5, 5.41) is 2.99. The molecule has 1 N–H and O–H groups in total. The maximum atomic E-state index is 12.9. The molecule has 0 saturated carbocycles. The third kappa shape index (κ3) is 4.96. The number of nitrogens with one attached hydrogen (secondary N) is 1. The highest BCUT2D eigenvalue weighted by molar-refractivity contribution is 5.78. The second-order valence-electron chi connectivity index (χ2n) is 7.22. The van der Waals surface area contributed by atoms with Crippen LogP contribution in [0.1, 0.15) is 44.1 Å². The summed E-state index contributed by atoms with van der Waals surface area (Å²) in [6.07, 6.45) is 6.34. The SMILES string of the molecule is O=C1CCCN1CC[C@@H]1CCCCN1C(=O)NCCc1ccc(F)cc1. The third-order valence-corrected chi connectivity index (χ3v) is 5.39. The highest BCUT2D eigenvalue weighted by atomic mass is 19.1. The second kappa shape index (κ2) is 9.01. The van der Waals surface area contributed by atoms with Crippen molar-refractivity contribution in [2.45, 2.75) is 51.0 Å². The van der Waals surface area contributed by atoms with Crippen LogP contribution in [0.5, 0.6) is 0 Å². The van der Waals surface area contributed by atoms with E-state index < -0.39 is 0 Å². The Morgan fingerprint density at radius 2 is 1.96 bits per heavy atom. The van der Waals surface area contributed by atoms with Crippen LogP contribution in [0.25, 0.3) is 0 Å². The molecule has 0 unspecified atom stereocenters. The number of carbonyl (C=O) groups excluding carboxylic acids is 2. The van der Waals surface area contributed by atoms with Crippen molar-refractivity contribution in [3.63, 3.8) is 0 Å². The molecule has 2 heterocycles. The fraction of sp³-hybridized carbons (Fsp3) is 0.600. The number of nitrogens with zero attached hydrogens (tertiary/aromatic N) is 2. The highest BCUT2D eigenvalue weighted by Crippen LogP contribution is 2.21. The molecule has 0 bridgehead atoms. The van der Waals surface area contributed by atoms with Crippen molar-refractivity contribution in [1.82, 2.24) is 15.1 Å². The van der Waals surface area contributed by atoms with Gasteiger partial charge in [0.1, 0.15) is 5.82 Å². The van der Waals surface area contributed by atoms with Crippen molar-refractivity contribution >= 4 is 11.9 Å². The highest BCUT2D eigenvalue weighted by Gasteiger charge is 2.28. The largest absolute Gasteiger partial charge is 0.343 e. The van der Waals surface area contributed by atoms with Crippen LogP contribution in [0.15, 0.2) is 24.3 Å². The quantitative estimate of drug-likeness (QED) is 0.847. The zero-order chi connectivity index (χ0) is 18.4. The Labute approximate surface area is 154 Å². The molecule has 5 nitrogen and oxygen atoms in total. The Morgan fingerprint density at radius 3 is 2.69 bits per heavy atom. The Bertz CT molecular complexity index is 620. The maximum Gasteiger partial charge on any atom is 0.317 e. The van der Waals surface area contributed by atoms with Gasteiger partial charge in [0.05, 0.1) is 0 Å². The molecule has 2 fully saturated rings. The third-order valence-electron chi connectivity index (χ3n) is 5.39. The van der Waals surface area contributed by atoms with Crippen molar-refractivity contribution < 1.29 is 14.0 Å². The van der Waals surface area contributed by atoms with Gasteiger partial charge in [-0.2, -0.15) is 0 Å². The lowest BCUT2D eigenvalue weighted by Crippen LogP contribution is -2.50. The van der Waals surface area contributed by atoms with Gasteiger partial charge in [-0.1, -0.05) is 12.1 Å². The molecule has 142 valence electrons. The van der Waals surface area contributed by atoms with Crippen molar-refractivity contribution in [3.05, 3.63) is 35.6 Å². The summed E-state index contributed by atoms with van der Waals surface area (Å²) < 4.78 is 12.9. The van der Waals surface area contributed by atoms with Gasteiger partial charge < -0.3 is 15.1 Å². The molecule has 26 heavy (non-hydrogen) atoms. The number of piperidine rings is 1. The number of carbonyl (C=O) groups is 2. The molecule has 1 atom stereocenters. The number of amides is 3. The van der Waals surface area contributed by atoms with E-state index in [1.165, 1.54) is 12.1 Å². The van der Waals surface area contributed by atoms with E-state index in [4.69, 9.17) is 0 Å². The van der Waals surface area contributed by atoms with Crippen LogP contribution in [-0.2, 0) is 11.2 Å².